The van der Waals surface area contributed by atoms with Gasteiger partial charge in [0.15, 0.2) is 0 Å². The zero-order chi connectivity index (χ0) is 12.8. The van der Waals surface area contributed by atoms with Crippen LogP contribution in [0.3, 0.4) is 0 Å². The SMILES string of the molecule is CN(C)CCCOC(c1ccsc1)c1ccsc1. The fourth-order valence-corrected chi connectivity index (χ4v) is 3.16. The Morgan fingerprint density at radius 2 is 1.72 bits per heavy atom. The number of hydrogen-bond acceptors (Lipinski definition) is 4. The summed E-state index contributed by atoms with van der Waals surface area (Å²) in [4.78, 5) is 2.19. The largest absolute Gasteiger partial charge is 0.369 e. The third-order valence-electron chi connectivity index (χ3n) is 2.73. The predicted molar refractivity (Wildman–Crippen MR) is 79.6 cm³/mol. The number of hydrogen-bond donors (Lipinski definition) is 0. The van der Waals surface area contributed by atoms with E-state index in [1.807, 2.05) is 0 Å². The smallest absolute Gasteiger partial charge is 0.109 e. The molecular weight excluding hydrogens is 262 g/mol. The molecule has 18 heavy (non-hydrogen) atoms. The van der Waals surface area contributed by atoms with Crippen molar-refractivity contribution in [2.75, 3.05) is 27.2 Å². The standard InChI is InChI=1S/C14H19NOS2/c1-15(2)6-3-7-16-14(12-4-8-17-10-12)13-5-9-18-11-13/h4-5,8-11,14H,3,6-7H2,1-2H3. The van der Waals surface area contributed by atoms with Gasteiger partial charge in [0.05, 0.1) is 0 Å². The zero-order valence-corrected chi connectivity index (χ0v) is 12.5. The summed E-state index contributed by atoms with van der Waals surface area (Å²) in [6.45, 7) is 1.87. The van der Waals surface area contributed by atoms with Crippen molar-refractivity contribution in [3.63, 3.8) is 0 Å². The van der Waals surface area contributed by atoms with E-state index in [1.165, 1.54) is 11.1 Å². The second-order valence-electron chi connectivity index (χ2n) is 4.52. The molecule has 2 nitrogen and oxygen atoms in total. The highest BCUT2D eigenvalue weighted by Crippen LogP contribution is 2.29. The number of rotatable bonds is 7. The van der Waals surface area contributed by atoms with Gasteiger partial charge < -0.3 is 9.64 Å². The first-order valence-electron chi connectivity index (χ1n) is 6.08. The molecule has 0 spiro atoms. The molecular formula is C14H19NOS2. The number of nitrogens with zero attached hydrogens (tertiary/aromatic N) is 1. The van der Waals surface area contributed by atoms with Gasteiger partial charge in [0.1, 0.15) is 6.10 Å². The zero-order valence-electron chi connectivity index (χ0n) is 10.8. The third kappa shape index (κ3) is 3.92. The minimum absolute atomic E-state index is 0.102. The number of ether oxygens (including phenoxy) is 1. The van der Waals surface area contributed by atoms with Crippen LogP contribution in [0.2, 0.25) is 0 Å². The summed E-state index contributed by atoms with van der Waals surface area (Å²) in [6.07, 6.45) is 1.17. The molecule has 0 aliphatic rings. The van der Waals surface area contributed by atoms with Gasteiger partial charge in [-0.05, 0) is 71.8 Å². The maximum Gasteiger partial charge on any atom is 0.109 e. The summed E-state index contributed by atoms with van der Waals surface area (Å²) >= 11 is 3.45. The summed E-state index contributed by atoms with van der Waals surface area (Å²) in [7, 11) is 4.18. The normalized spacial score (nSPS) is 11.6. The van der Waals surface area contributed by atoms with Crippen LogP contribution >= 0.6 is 22.7 Å². The van der Waals surface area contributed by atoms with Crippen molar-refractivity contribution in [2.24, 2.45) is 0 Å². The van der Waals surface area contributed by atoms with Crippen LogP contribution in [0.25, 0.3) is 0 Å². The van der Waals surface area contributed by atoms with Crippen molar-refractivity contribution in [3.05, 3.63) is 44.8 Å². The van der Waals surface area contributed by atoms with Crippen LogP contribution in [0.1, 0.15) is 23.7 Å². The van der Waals surface area contributed by atoms with E-state index in [4.69, 9.17) is 4.74 Å². The van der Waals surface area contributed by atoms with E-state index < -0.39 is 0 Å². The Bertz CT molecular complexity index is 388. The van der Waals surface area contributed by atoms with Gasteiger partial charge in [0.25, 0.3) is 0 Å². The van der Waals surface area contributed by atoms with E-state index in [-0.39, 0.29) is 6.10 Å². The molecule has 0 aliphatic carbocycles. The molecule has 0 unspecified atom stereocenters. The predicted octanol–water partition coefficient (Wildman–Crippen LogP) is 3.87. The Morgan fingerprint density at radius 3 is 2.17 bits per heavy atom. The van der Waals surface area contributed by atoms with Crippen molar-refractivity contribution in [2.45, 2.75) is 12.5 Å². The van der Waals surface area contributed by atoms with E-state index in [9.17, 15) is 0 Å². The highest BCUT2D eigenvalue weighted by Gasteiger charge is 2.15. The fourth-order valence-electron chi connectivity index (χ4n) is 1.82. The fraction of sp³-hybridized carbons (Fsp3) is 0.429. The van der Waals surface area contributed by atoms with Gasteiger partial charge in [0.2, 0.25) is 0 Å². The molecule has 0 aromatic carbocycles. The van der Waals surface area contributed by atoms with Gasteiger partial charge in [-0.2, -0.15) is 22.7 Å². The van der Waals surface area contributed by atoms with Crippen LogP contribution in [-0.2, 0) is 4.74 Å². The molecule has 4 heteroatoms. The second-order valence-corrected chi connectivity index (χ2v) is 6.08. The lowest BCUT2D eigenvalue weighted by Gasteiger charge is -2.17. The van der Waals surface area contributed by atoms with Crippen LogP contribution in [0.5, 0.6) is 0 Å². The first kappa shape index (κ1) is 13.7. The van der Waals surface area contributed by atoms with Crippen molar-refractivity contribution >= 4 is 22.7 Å². The summed E-state index contributed by atoms with van der Waals surface area (Å²) in [5.74, 6) is 0. The Balaban J connectivity index is 1.94. The maximum absolute atomic E-state index is 6.07. The maximum atomic E-state index is 6.07. The minimum atomic E-state index is 0.102. The molecule has 0 bridgehead atoms. The molecule has 0 amide bonds. The molecule has 0 aliphatic heterocycles. The summed E-state index contributed by atoms with van der Waals surface area (Å²) < 4.78 is 6.07. The topological polar surface area (TPSA) is 12.5 Å². The van der Waals surface area contributed by atoms with E-state index in [2.05, 4.69) is 52.6 Å². The average molecular weight is 281 g/mol. The first-order chi connectivity index (χ1) is 8.77. The first-order valence-corrected chi connectivity index (χ1v) is 7.96. The molecule has 0 radical (unpaired) electrons. The molecule has 0 saturated heterocycles. The lowest BCUT2D eigenvalue weighted by Crippen LogP contribution is -2.16. The Morgan fingerprint density at radius 1 is 1.11 bits per heavy atom. The van der Waals surface area contributed by atoms with Crippen molar-refractivity contribution in [1.82, 2.24) is 4.90 Å². The highest BCUT2D eigenvalue weighted by atomic mass is 32.1. The lowest BCUT2D eigenvalue weighted by atomic mass is 10.1. The number of thiophene rings is 2. The second kappa shape index (κ2) is 7.04. The van der Waals surface area contributed by atoms with Crippen molar-refractivity contribution < 1.29 is 4.74 Å². The van der Waals surface area contributed by atoms with E-state index in [1.54, 1.807) is 22.7 Å². The van der Waals surface area contributed by atoms with Crippen molar-refractivity contribution in [1.29, 1.82) is 0 Å². The molecule has 0 N–H and O–H groups in total. The Labute approximate surface area is 117 Å². The van der Waals surface area contributed by atoms with Gasteiger partial charge in [-0.25, -0.2) is 0 Å². The van der Waals surface area contributed by atoms with Crippen molar-refractivity contribution in [3.8, 4) is 0 Å². The lowest BCUT2D eigenvalue weighted by molar-refractivity contribution is 0.0750. The van der Waals surface area contributed by atoms with Crippen LogP contribution in [-0.4, -0.2) is 32.1 Å². The molecule has 2 aromatic rings. The summed E-state index contributed by atoms with van der Waals surface area (Å²) in [5, 5.41) is 8.57. The molecule has 2 rings (SSSR count). The third-order valence-corrected chi connectivity index (χ3v) is 4.13. The van der Waals surface area contributed by atoms with E-state index in [0.29, 0.717) is 0 Å². The van der Waals surface area contributed by atoms with E-state index in [0.717, 1.165) is 19.6 Å². The van der Waals surface area contributed by atoms with Gasteiger partial charge in [0, 0.05) is 6.61 Å². The molecule has 98 valence electrons. The quantitative estimate of drug-likeness (QED) is 0.714. The molecule has 2 heterocycles. The molecule has 2 aromatic heterocycles. The monoisotopic (exact) mass is 281 g/mol. The van der Waals surface area contributed by atoms with Crippen LogP contribution < -0.4 is 0 Å². The van der Waals surface area contributed by atoms with Gasteiger partial charge in [-0.1, -0.05) is 0 Å². The Hall–Kier alpha value is -0.680. The highest BCUT2D eigenvalue weighted by molar-refractivity contribution is 7.08. The summed E-state index contributed by atoms with van der Waals surface area (Å²) in [6, 6.07) is 4.30. The van der Waals surface area contributed by atoms with Gasteiger partial charge in [-0.3, -0.25) is 0 Å². The van der Waals surface area contributed by atoms with E-state index >= 15 is 0 Å². The Kier molecular flexibility index (Phi) is 5.38. The summed E-state index contributed by atoms with van der Waals surface area (Å²) in [5.41, 5.74) is 2.53. The minimum Gasteiger partial charge on any atom is -0.369 e. The molecule has 0 atom stereocenters. The van der Waals surface area contributed by atoms with Gasteiger partial charge in [-0.15, -0.1) is 0 Å². The van der Waals surface area contributed by atoms with Crippen LogP contribution in [0, 0.1) is 0 Å². The molecule has 0 saturated carbocycles. The average Bonchev–Trinajstić information content (AvgIpc) is 3.01. The molecule has 0 fully saturated rings. The van der Waals surface area contributed by atoms with Crippen LogP contribution in [0.4, 0.5) is 0 Å². The van der Waals surface area contributed by atoms with Crippen LogP contribution in [0.15, 0.2) is 33.7 Å². The van der Waals surface area contributed by atoms with Gasteiger partial charge >= 0.3 is 0 Å².